The van der Waals surface area contributed by atoms with Gasteiger partial charge in [-0.2, -0.15) is 0 Å². The highest BCUT2D eigenvalue weighted by Crippen LogP contribution is 2.31. The van der Waals surface area contributed by atoms with Crippen molar-refractivity contribution in [3.8, 4) is 11.5 Å². The molecule has 0 aromatic heterocycles. The first-order valence-corrected chi connectivity index (χ1v) is 10.4. The van der Waals surface area contributed by atoms with Crippen LogP contribution in [0.5, 0.6) is 11.5 Å². The summed E-state index contributed by atoms with van der Waals surface area (Å²) in [6, 6.07) is 5.43. The van der Waals surface area contributed by atoms with Crippen LogP contribution in [0.25, 0.3) is 0 Å². The van der Waals surface area contributed by atoms with Gasteiger partial charge >= 0.3 is 0 Å². The molecule has 0 amide bonds. The topological polar surface area (TPSA) is 29.5 Å². The van der Waals surface area contributed by atoms with Crippen LogP contribution in [0.3, 0.4) is 0 Å². The van der Waals surface area contributed by atoms with Crippen molar-refractivity contribution in [1.82, 2.24) is 0 Å². The highest BCUT2D eigenvalue weighted by Gasteiger charge is 2.19. The van der Waals surface area contributed by atoms with Gasteiger partial charge in [0, 0.05) is 0 Å². The molecule has 1 aliphatic heterocycles. The van der Waals surface area contributed by atoms with E-state index >= 15 is 0 Å². The lowest BCUT2D eigenvalue weighted by molar-refractivity contribution is 0.164. The van der Waals surface area contributed by atoms with Crippen LogP contribution in [0.15, 0.2) is 53.1 Å². The average molecular weight is 369 g/mol. The lowest BCUT2D eigenvalue weighted by Crippen LogP contribution is -2.22. The number of phenolic OH excluding ortho intramolecular Hbond substituents is 1. The van der Waals surface area contributed by atoms with E-state index in [9.17, 15) is 5.11 Å². The Bertz CT molecular complexity index is 690. The molecule has 0 fully saturated rings. The zero-order valence-electron chi connectivity index (χ0n) is 17.6. The van der Waals surface area contributed by atoms with E-state index in [1.54, 1.807) is 6.07 Å². The number of phenols is 1. The Hall–Kier alpha value is -1.96. The summed E-state index contributed by atoms with van der Waals surface area (Å²) in [6.45, 7) is 8.81. The molecule has 1 N–H and O–H groups in total. The predicted octanol–water partition coefficient (Wildman–Crippen LogP) is 7.29. The van der Waals surface area contributed by atoms with Gasteiger partial charge in [0.15, 0.2) is 0 Å². The molecule has 0 radical (unpaired) electrons. The van der Waals surface area contributed by atoms with Crippen LogP contribution >= 0.6 is 0 Å². The molecule has 1 aromatic rings. The summed E-state index contributed by atoms with van der Waals surface area (Å²) in [7, 11) is 0. The Morgan fingerprint density at radius 1 is 1.00 bits per heavy atom. The Labute approximate surface area is 165 Å². The third kappa shape index (κ3) is 8.07. The monoisotopic (exact) mass is 368 g/mol. The maximum atomic E-state index is 9.56. The SMILES string of the molecule is CC(C)=CCC/C(C)=C/CC/C(C)=C/CC[C@@H]1CCc2cc(O)ccc2O1. The van der Waals surface area contributed by atoms with Gasteiger partial charge in [0.05, 0.1) is 6.10 Å². The molecule has 1 atom stereocenters. The maximum absolute atomic E-state index is 9.56. The summed E-state index contributed by atoms with van der Waals surface area (Å²) in [4.78, 5) is 0. The van der Waals surface area contributed by atoms with E-state index in [2.05, 4.69) is 45.9 Å². The van der Waals surface area contributed by atoms with Crippen molar-refractivity contribution in [2.24, 2.45) is 0 Å². The molecule has 0 bridgehead atoms. The van der Waals surface area contributed by atoms with Crippen molar-refractivity contribution in [2.45, 2.75) is 85.2 Å². The van der Waals surface area contributed by atoms with Crippen molar-refractivity contribution in [1.29, 1.82) is 0 Å². The highest BCUT2D eigenvalue weighted by molar-refractivity contribution is 5.41. The molecular formula is C25H36O2. The number of hydrogen-bond acceptors (Lipinski definition) is 2. The summed E-state index contributed by atoms with van der Waals surface area (Å²) >= 11 is 0. The molecule has 0 saturated carbocycles. The fourth-order valence-electron chi connectivity index (χ4n) is 3.49. The molecule has 2 heteroatoms. The largest absolute Gasteiger partial charge is 0.508 e. The lowest BCUT2D eigenvalue weighted by Gasteiger charge is -2.26. The maximum Gasteiger partial charge on any atom is 0.123 e. The van der Waals surface area contributed by atoms with Gasteiger partial charge in [0.2, 0.25) is 0 Å². The summed E-state index contributed by atoms with van der Waals surface area (Å²) in [6.07, 6.45) is 16.2. The standard InChI is InChI=1S/C25H36O2/c1-19(2)8-5-9-20(3)10-6-11-21(4)12-7-13-24-16-14-22-18-23(26)15-17-25(22)27-24/h8,10,12,15,17-18,24,26H,5-7,9,11,13-14,16H2,1-4H3/b20-10+,21-12+/t24-/m1/s1. The molecule has 0 unspecified atom stereocenters. The van der Waals surface area contributed by atoms with E-state index in [1.165, 1.54) is 23.1 Å². The molecule has 2 rings (SSSR count). The first-order chi connectivity index (χ1) is 12.9. The van der Waals surface area contributed by atoms with Crippen molar-refractivity contribution in [3.63, 3.8) is 0 Å². The van der Waals surface area contributed by atoms with Gasteiger partial charge < -0.3 is 9.84 Å². The fraction of sp³-hybridized carbons (Fsp3) is 0.520. The molecule has 0 aliphatic carbocycles. The summed E-state index contributed by atoms with van der Waals surface area (Å²) < 4.78 is 6.08. The number of aryl methyl sites for hydroxylation is 1. The minimum Gasteiger partial charge on any atom is -0.508 e. The molecule has 2 nitrogen and oxygen atoms in total. The molecular weight excluding hydrogens is 332 g/mol. The first kappa shape index (κ1) is 21.3. The second-order valence-corrected chi connectivity index (χ2v) is 8.11. The van der Waals surface area contributed by atoms with Crippen molar-refractivity contribution >= 4 is 0 Å². The number of rotatable bonds is 9. The Kier molecular flexibility index (Phi) is 8.71. The van der Waals surface area contributed by atoms with E-state index in [4.69, 9.17) is 4.74 Å². The van der Waals surface area contributed by atoms with Gasteiger partial charge in [0.25, 0.3) is 0 Å². The average Bonchev–Trinajstić information content (AvgIpc) is 2.61. The fourth-order valence-corrected chi connectivity index (χ4v) is 3.49. The van der Waals surface area contributed by atoms with Gasteiger partial charge in [-0.15, -0.1) is 0 Å². The highest BCUT2D eigenvalue weighted by atomic mass is 16.5. The van der Waals surface area contributed by atoms with E-state index in [0.29, 0.717) is 11.9 Å². The van der Waals surface area contributed by atoms with Gasteiger partial charge in [-0.05, 0) is 103 Å². The number of ether oxygens (including phenoxy) is 1. The Balaban J connectivity index is 1.67. The van der Waals surface area contributed by atoms with Crippen LogP contribution in [-0.4, -0.2) is 11.2 Å². The second kappa shape index (κ2) is 11.0. The summed E-state index contributed by atoms with van der Waals surface area (Å²) in [5.41, 5.74) is 5.51. The van der Waals surface area contributed by atoms with Crippen LogP contribution in [-0.2, 0) is 6.42 Å². The molecule has 27 heavy (non-hydrogen) atoms. The van der Waals surface area contributed by atoms with Crippen LogP contribution in [0.4, 0.5) is 0 Å². The van der Waals surface area contributed by atoms with E-state index in [0.717, 1.165) is 56.3 Å². The lowest BCUT2D eigenvalue weighted by atomic mass is 9.98. The van der Waals surface area contributed by atoms with Crippen molar-refractivity contribution in [3.05, 3.63) is 58.7 Å². The first-order valence-electron chi connectivity index (χ1n) is 10.4. The molecule has 1 aliphatic rings. The van der Waals surface area contributed by atoms with Gasteiger partial charge in [-0.25, -0.2) is 0 Å². The van der Waals surface area contributed by atoms with Crippen molar-refractivity contribution < 1.29 is 9.84 Å². The third-order valence-corrected chi connectivity index (χ3v) is 5.18. The van der Waals surface area contributed by atoms with Gasteiger partial charge in [-0.1, -0.05) is 34.9 Å². The van der Waals surface area contributed by atoms with Gasteiger partial charge in [-0.3, -0.25) is 0 Å². The molecule has 148 valence electrons. The van der Waals surface area contributed by atoms with Crippen LogP contribution in [0, 0.1) is 0 Å². The van der Waals surface area contributed by atoms with Crippen LogP contribution < -0.4 is 4.74 Å². The van der Waals surface area contributed by atoms with Gasteiger partial charge in [0.1, 0.15) is 11.5 Å². The molecule has 0 saturated heterocycles. The van der Waals surface area contributed by atoms with Crippen molar-refractivity contribution in [2.75, 3.05) is 0 Å². The molecule has 0 spiro atoms. The summed E-state index contributed by atoms with van der Waals surface area (Å²) in [5.74, 6) is 1.27. The molecule has 1 heterocycles. The van der Waals surface area contributed by atoms with Crippen LogP contribution in [0.1, 0.15) is 78.2 Å². The number of allylic oxidation sites excluding steroid dienone is 6. The minimum atomic E-state index is 0.295. The number of benzene rings is 1. The minimum absolute atomic E-state index is 0.295. The normalized spacial score (nSPS) is 17.3. The number of fused-ring (bicyclic) bond motifs is 1. The Morgan fingerprint density at radius 3 is 2.37 bits per heavy atom. The van der Waals surface area contributed by atoms with E-state index in [1.807, 2.05) is 12.1 Å². The predicted molar refractivity (Wildman–Crippen MR) is 115 cm³/mol. The molecule has 1 aromatic carbocycles. The zero-order valence-corrected chi connectivity index (χ0v) is 17.6. The zero-order chi connectivity index (χ0) is 19.6. The smallest absolute Gasteiger partial charge is 0.123 e. The van der Waals surface area contributed by atoms with Crippen LogP contribution in [0.2, 0.25) is 0 Å². The number of hydrogen-bond donors (Lipinski definition) is 1. The summed E-state index contributed by atoms with van der Waals surface area (Å²) in [5, 5.41) is 9.56. The second-order valence-electron chi connectivity index (χ2n) is 8.11. The quantitative estimate of drug-likeness (QED) is 0.464. The number of aromatic hydroxyl groups is 1. The van der Waals surface area contributed by atoms with E-state index < -0.39 is 0 Å². The van der Waals surface area contributed by atoms with E-state index in [-0.39, 0.29) is 0 Å². The Morgan fingerprint density at radius 2 is 1.67 bits per heavy atom. The third-order valence-electron chi connectivity index (χ3n) is 5.18.